The van der Waals surface area contributed by atoms with Crippen molar-refractivity contribution in [1.29, 1.82) is 0 Å². The van der Waals surface area contributed by atoms with Crippen molar-refractivity contribution in [3.05, 3.63) is 57.8 Å². The third-order valence-corrected chi connectivity index (χ3v) is 3.18. The molecule has 0 unspecified atom stereocenters. The van der Waals surface area contributed by atoms with Crippen molar-refractivity contribution in [1.82, 2.24) is 10.9 Å². The van der Waals surface area contributed by atoms with Crippen LogP contribution in [-0.2, 0) is 0 Å². The Morgan fingerprint density at radius 2 is 1.83 bits per heavy atom. The minimum atomic E-state index is -0.330. The molecule has 1 aromatic heterocycles. The number of hydrogen-bond acceptors (Lipinski definition) is 3. The van der Waals surface area contributed by atoms with Crippen LogP contribution in [0.2, 0.25) is 0 Å². The van der Waals surface area contributed by atoms with Crippen molar-refractivity contribution in [3.8, 4) is 0 Å². The smallest absolute Gasteiger partial charge is 0.267 e. The van der Waals surface area contributed by atoms with Gasteiger partial charge in [-0.1, -0.05) is 23.8 Å². The van der Waals surface area contributed by atoms with Crippen molar-refractivity contribution < 1.29 is 9.59 Å². The number of carbonyl (C=O) groups is 2. The number of benzene rings is 1. The Labute approximate surface area is 109 Å². The van der Waals surface area contributed by atoms with E-state index in [2.05, 4.69) is 10.9 Å². The van der Waals surface area contributed by atoms with Crippen LogP contribution in [-0.4, -0.2) is 11.8 Å². The fourth-order valence-corrected chi connectivity index (χ4v) is 2.06. The van der Waals surface area contributed by atoms with Gasteiger partial charge in [-0.25, -0.2) is 0 Å². The molecule has 2 aromatic rings. The average Bonchev–Trinajstić information content (AvgIpc) is 2.89. The lowest BCUT2D eigenvalue weighted by molar-refractivity contribution is 0.0849. The highest BCUT2D eigenvalue weighted by molar-refractivity contribution is 7.12. The van der Waals surface area contributed by atoms with Crippen molar-refractivity contribution in [2.24, 2.45) is 0 Å². The molecule has 2 amide bonds. The Balaban J connectivity index is 1.95. The number of rotatable bonds is 2. The van der Waals surface area contributed by atoms with Crippen LogP contribution in [0.3, 0.4) is 0 Å². The zero-order valence-electron chi connectivity index (χ0n) is 9.77. The van der Waals surface area contributed by atoms with E-state index in [4.69, 9.17) is 0 Å². The minimum absolute atomic E-state index is 0.314. The van der Waals surface area contributed by atoms with Gasteiger partial charge in [0.15, 0.2) is 0 Å². The summed E-state index contributed by atoms with van der Waals surface area (Å²) < 4.78 is 0. The lowest BCUT2D eigenvalue weighted by Crippen LogP contribution is -2.41. The Morgan fingerprint density at radius 1 is 1.06 bits per heavy atom. The second-order valence-corrected chi connectivity index (χ2v) is 4.70. The standard InChI is InChI=1S/C13H12N2O2S/c1-9-4-2-5-10(8-9)12(16)14-15-13(17)11-6-3-7-18-11/h2-8H,1H3,(H,14,16)(H,15,17). The Hall–Kier alpha value is -2.14. The molecule has 0 atom stereocenters. The van der Waals surface area contributed by atoms with Gasteiger partial charge in [-0.05, 0) is 30.5 Å². The molecule has 0 fully saturated rings. The molecule has 0 aliphatic carbocycles. The predicted molar refractivity (Wildman–Crippen MR) is 70.4 cm³/mol. The van der Waals surface area contributed by atoms with E-state index in [9.17, 15) is 9.59 Å². The van der Waals surface area contributed by atoms with E-state index in [-0.39, 0.29) is 11.8 Å². The molecule has 2 rings (SSSR count). The van der Waals surface area contributed by atoms with Crippen molar-refractivity contribution >= 4 is 23.2 Å². The van der Waals surface area contributed by atoms with Crippen LogP contribution < -0.4 is 10.9 Å². The maximum absolute atomic E-state index is 11.7. The third kappa shape index (κ3) is 2.95. The molecule has 2 N–H and O–H groups in total. The molecule has 1 aromatic carbocycles. The summed E-state index contributed by atoms with van der Waals surface area (Å²) in [4.78, 5) is 23.9. The van der Waals surface area contributed by atoms with Gasteiger partial charge in [0.2, 0.25) is 0 Å². The lowest BCUT2D eigenvalue weighted by atomic mass is 10.1. The van der Waals surface area contributed by atoms with E-state index in [1.807, 2.05) is 13.0 Å². The molecule has 0 radical (unpaired) electrons. The van der Waals surface area contributed by atoms with E-state index in [0.717, 1.165) is 5.56 Å². The Bertz CT molecular complexity index is 564. The van der Waals surface area contributed by atoms with Crippen LogP contribution >= 0.6 is 11.3 Å². The molecule has 0 saturated carbocycles. The second-order valence-electron chi connectivity index (χ2n) is 3.76. The highest BCUT2D eigenvalue weighted by Crippen LogP contribution is 2.07. The van der Waals surface area contributed by atoms with Gasteiger partial charge in [0.05, 0.1) is 4.88 Å². The number of carbonyl (C=O) groups excluding carboxylic acids is 2. The van der Waals surface area contributed by atoms with Crippen LogP contribution in [0.25, 0.3) is 0 Å². The van der Waals surface area contributed by atoms with Crippen LogP contribution in [0.15, 0.2) is 41.8 Å². The number of hydrazine groups is 1. The van der Waals surface area contributed by atoms with E-state index in [1.54, 1.807) is 35.7 Å². The van der Waals surface area contributed by atoms with Crippen LogP contribution in [0.5, 0.6) is 0 Å². The van der Waals surface area contributed by atoms with Gasteiger partial charge in [0.25, 0.3) is 11.8 Å². The Morgan fingerprint density at radius 3 is 2.50 bits per heavy atom. The number of thiophene rings is 1. The first kappa shape index (κ1) is 12.3. The summed E-state index contributed by atoms with van der Waals surface area (Å²) in [6.07, 6.45) is 0. The maximum Gasteiger partial charge on any atom is 0.279 e. The molecule has 5 heteroatoms. The molecule has 1 heterocycles. The summed E-state index contributed by atoms with van der Waals surface area (Å²) >= 11 is 1.32. The summed E-state index contributed by atoms with van der Waals surface area (Å²) in [5, 5.41) is 1.80. The van der Waals surface area contributed by atoms with Gasteiger partial charge in [-0.15, -0.1) is 11.3 Å². The molecular weight excluding hydrogens is 248 g/mol. The van der Waals surface area contributed by atoms with Crippen LogP contribution in [0.4, 0.5) is 0 Å². The van der Waals surface area contributed by atoms with E-state index < -0.39 is 0 Å². The molecule has 0 aliphatic heterocycles. The van der Waals surface area contributed by atoms with Gasteiger partial charge in [-0.2, -0.15) is 0 Å². The van der Waals surface area contributed by atoms with Gasteiger partial charge in [0, 0.05) is 5.56 Å². The van der Waals surface area contributed by atoms with Crippen LogP contribution in [0, 0.1) is 6.92 Å². The molecule has 4 nitrogen and oxygen atoms in total. The predicted octanol–water partition coefficient (Wildman–Crippen LogP) is 2.13. The molecule has 0 bridgehead atoms. The Kier molecular flexibility index (Phi) is 3.74. The normalized spacial score (nSPS) is 9.83. The maximum atomic E-state index is 11.7. The van der Waals surface area contributed by atoms with Crippen LogP contribution in [0.1, 0.15) is 25.6 Å². The first-order valence-corrected chi connectivity index (χ1v) is 6.25. The van der Waals surface area contributed by atoms with Gasteiger partial charge in [-0.3, -0.25) is 20.4 Å². The first-order valence-electron chi connectivity index (χ1n) is 5.37. The molecule has 0 spiro atoms. The second kappa shape index (κ2) is 5.46. The van der Waals surface area contributed by atoms with E-state index in [0.29, 0.717) is 10.4 Å². The SMILES string of the molecule is Cc1cccc(C(=O)NNC(=O)c2cccs2)c1. The number of amides is 2. The van der Waals surface area contributed by atoms with Gasteiger partial charge in [0.1, 0.15) is 0 Å². The molecule has 0 aliphatic rings. The largest absolute Gasteiger partial charge is 0.279 e. The van der Waals surface area contributed by atoms with Gasteiger partial charge >= 0.3 is 0 Å². The van der Waals surface area contributed by atoms with Gasteiger partial charge < -0.3 is 0 Å². The average molecular weight is 260 g/mol. The lowest BCUT2D eigenvalue weighted by Gasteiger charge is -2.06. The molecule has 18 heavy (non-hydrogen) atoms. The quantitative estimate of drug-likeness (QED) is 0.813. The molecule has 92 valence electrons. The molecule has 0 saturated heterocycles. The third-order valence-electron chi connectivity index (χ3n) is 2.31. The summed E-state index contributed by atoms with van der Waals surface area (Å²) in [6, 6.07) is 10.6. The summed E-state index contributed by atoms with van der Waals surface area (Å²) in [7, 11) is 0. The minimum Gasteiger partial charge on any atom is -0.267 e. The van der Waals surface area contributed by atoms with Crippen molar-refractivity contribution in [2.75, 3.05) is 0 Å². The highest BCUT2D eigenvalue weighted by atomic mass is 32.1. The van der Waals surface area contributed by atoms with E-state index >= 15 is 0 Å². The highest BCUT2D eigenvalue weighted by Gasteiger charge is 2.09. The number of nitrogens with one attached hydrogen (secondary N) is 2. The summed E-state index contributed by atoms with van der Waals surface area (Å²) in [5.41, 5.74) is 6.27. The number of aryl methyl sites for hydroxylation is 1. The molecular formula is C13H12N2O2S. The fourth-order valence-electron chi connectivity index (χ4n) is 1.44. The summed E-state index contributed by atoms with van der Waals surface area (Å²) in [6.45, 7) is 1.90. The zero-order valence-corrected chi connectivity index (χ0v) is 10.6. The number of hydrogen-bond donors (Lipinski definition) is 2. The van der Waals surface area contributed by atoms with E-state index in [1.165, 1.54) is 11.3 Å². The fraction of sp³-hybridized carbons (Fsp3) is 0.0769. The topological polar surface area (TPSA) is 58.2 Å². The zero-order chi connectivity index (χ0) is 13.0. The van der Waals surface area contributed by atoms with Crippen molar-refractivity contribution in [2.45, 2.75) is 6.92 Å². The monoisotopic (exact) mass is 260 g/mol. The first-order chi connectivity index (χ1) is 8.66. The van der Waals surface area contributed by atoms with Crippen molar-refractivity contribution in [3.63, 3.8) is 0 Å². The summed E-state index contributed by atoms with van der Waals surface area (Å²) in [5.74, 6) is -0.644.